The number of rotatable bonds is 4. The Morgan fingerprint density at radius 1 is 1.24 bits per heavy atom. The Kier molecular flexibility index (Phi) is 4.46. The molecular formula is C17H23N3O. The van der Waals surface area contributed by atoms with E-state index in [1.165, 1.54) is 0 Å². The first kappa shape index (κ1) is 15.3. The van der Waals surface area contributed by atoms with Gasteiger partial charge in [-0.3, -0.25) is 9.48 Å². The summed E-state index contributed by atoms with van der Waals surface area (Å²) in [6.07, 6.45) is 0. The Morgan fingerprint density at radius 3 is 2.33 bits per heavy atom. The lowest BCUT2D eigenvalue weighted by atomic mass is 9.94. The third-order valence-electron chi connectivity index (χ3n) is 3.73. The quantitative estimate of drug-likeness (QED) is 0.865. The van der Waals surface area contributed by atoms with E-state index in [4.69, 9.17) is 0 Å². The molecule has 4 heteroatoms. The van der Waals surface area contributed by atoms with E-state index in [2.05, 4.69) is 31.1 Å². The zero-order valence-electron chi connectivity index (χ0n) is 13.4. The van der Waals surface area contributed by atoms with Crippen molar-refractivity contribution in [1.29, 1.82) is 0 Å². The third-order valence-corrected chi connectivity index (χ3v) is 3.73. The monoisotopic (exact) mass is 285 g/mol. The van der Waals surface area contributed by atoms with E-state index in [0.29, 0.717) is 11.6 Å². The molecule has 21 heavy (non-hydrogen) atoms. The van der Waals surface area contributed by atoms with Crippen LogP contribution in [0.4, 0.5) is 0 Å². The maximum absolute atomic E-state index is 12.8. The van der Waals surface area contributed by atoms with Gasteiger partial charge in [0.05, 0.1) is 11.7 Å². The van der Waals surface area contributed by atoms with Crippen LogP contribution in [0.1, 0.15) is 41.6 Å². The van der Waals surface area contributed by atoms with Gasteiger partial charge in [-0.15, -0.1) is 0 Å². The number of benzene rings is 1. The second-order valence-corrected chi connectivity index (χ2v) is 5.81. The third kappa shape index (κ3) is 3.15. The lowest BCUT2D eigenvalue weighted by molar-refractivity contribution is 0.0676. The average Bonchev–Trinajstić information content (AvgIpc) is 2.77. The topological polar surface area (TPSA) is 38.1 Å². The smallest absolute Gasteiger partial charge is 0.272 e. The fraction of sp³-hybridized carbons (Fsp3) is 0.412. The highest BCUT2D eigenvalue weighted by Crippen LogP contribution is 2.28. The number of hydrogen-bond donors (Lipinski definition) is 0. The van der Waals surface area contributed by atoms with Gasteiger partial charge >= 0.3 is 0 Å². The summed E-state index contributed by atoms with van der Waals surface area (Å²) in [5, 5.41) is 4.26. The van der Waals surface area contributed by atoms with Crippen LogP contribution in [0.2, 0.25) is 0 Å². The molecule has 0 aliphatic carbocycles. The number of nitrogens with zero attached hydrogens (tertiary/aromatic N) is 3. The molecule has 1 heterocycles. The first-order valence-corrected chi connectivity index (χ1v) is 7.24. The molecule has 0 aliphatic rings. The number of carbonyl (C=O) groups is 1. The summed E-state index contributed by atoms with van der Waals surface area (Å²) in [4.78, 5) is 14.6. The SMILES string of the molecule is Cc1cc(C(=O)N(C)[C@H](c2ccccc2)C(C)C)n(C)n1. The van der Waals surface area contributed by atoms with E-state index in [9.17, 15) is 4.79 Å². The van der Waals surface area contributed by atoms with Gasteiger partial charge in [0.1, 0.15) is 5.69 Å². The van der Waals surface area contributed by atoms with Crippen LogP contribution >= 0.6 is 0 Å². The fourth-order valence-electron chi connectivity index (χ4n) is 2.82. The minimum Gasteiger partial charge on any atom is -0.333 e. The molecule has 1 aromatic carbocycles. The summed E-state index contributed by atoms with van der Waals surface area (Å²) >= 11 is 0. The van der Waals surface area contributed by atoms with Crippen LogP contribution in [-0.2, 0) is 7.05 Å². The number of aryl methyl sites for hydroxylation is 2. The lowest BCUT2D eigenvalue weighted by Gasteiger charge is -2.31. The van der Waals surface area contributed by atoms with Gasteiger partial charge in [0.15, 0.2) is 0 Å². The average molecular weight is 285 g/mol. The first-order valence-electron chi connectivity index (χ1n) is 7.24. The zero-order valence-corrected chi connectivity index (χ0v) is 13.4. The molecule has 2 rings (SSSR count). The van der Waals surface area contributed by atoms with Crippen molar-refractivity contribution in [3.05, 3.63) is 53.3 Å². The summed E-state index contributed by atoms with van der Waals surface area (Å²) < 4.78 is 1.65. The predicted molar refractivity (Wildman–Crippen MR) is 84.1 cm³/mol. The molecule has 0 saturated carbocycles. The van der Waals surface area contributed by atoms with E-state index in [1.54, 1.807) is 11.7 Å². The molecule has 0 bridgehead atoms. The number of hydrogen-bond acceptors (Lipinski definition) is 2. The molecule has 0 aliphatic heterocycles. The maximum Gasteiger partial charge on any atom is 0.272 e. The fourth-order valence-corrected chi connectivity index (χ4v) is 2.82. The summed E-state index contributed by atoms with van der Waals surface area (Å²) in [5.41, 5.74) is 2.63. The van der Waals surface area contributed by atoms with Crippen LogP contribution in [0.3, 0.4) is 0 Å². The Bertz CT molecular complexity index is 616. The standard InChI is InChI=1S/C17H23N3O/c1-12(2)16(14-9-7-6-8-10-14)19(4)17(21)15-11-13(3)18-20(15)5/h6-12,16H,1-5H3/t16-/m0/s1. The molecule has 0 saturated heterocycles. The van der Waals surface area contributed by atoms with Crippen LogP contribution in [0.25, 0.3) is 0 Å². The van der Waals surface area contributed by atoms with E-state index in [-0.39, 0.29) is 11.9 Å². The molecule has 1 atom stereocenters. The summed E-state index contributed by atoms with van der Waals surface area (Å²) in [7, 11) is 3.67. The Balaban J connectivity index is 2.33. The summed E-state index contributed by atoms with van der Waals surface area (Å²) in [6, 6.07) is 12.0. The van der Waals surface area contributed by atoms with Gasteiger partial charge in [-0.1, -0.05) is 44.2 Å². The van der Waals surface area contributed by atoms with Gasteiger partial charge in [0.2, 0.25) is 0 Å². The van der Waals surface area contributed by atoms with Crippen molar-refractivity contribution in [3.8, 4) is 0 Å². The van der Waals surface area contributed by atoms with Crippen molar-refractivity contribution in [2.24, 2.45) is 13.0 Å². The van der Waals surface area contributed by atoms with Gasteiger partial charge < -0.3 is 4.90 Å². The van der Waals surface area contributed by atoms with Crippen molar-refractivity contribution in [2.45, 2.75) is 26.8 Å². The first-order chi connectivity index (χ1) is 9.91. The highest BCUT2D eigenvalue weighted by atomic mass is 16.2. The molecule has 112 valence electrons. The summed E-state index contributed by atoms with van der Waals surface area (Å²) in [5.74, 6) is 0.330. The molecule has 0 radical (unpaired) electrons. The van der Waals surface area contributed by atoms with E-state index in [0.717, 1.165) is 11.3 Å². The minimum atomic E-state index is 0.000605. The highest BCUT2D eigenvalue weighted by Gasteiger charge is 2.27. The van der Waals surface area contributed by atoms with Gasteiger partial charge in [0, 0.05) is 14.1 Å². The maximum atomic E-state index is 12.8. The summed E-state index contributed by atoms with van der Waals surface area (Å²) in [6.45, 7) is 6.17. The number of carbonyl (C=O) groups excluding carboxylic acids is 1. The molecule has 1 aromatic heterocycles. The molecule has 0 unspecified atom stereocenters. The molecular weight excluding hydrogens is 262 g/mol. The Hall–Kier alpha value is -2.10. The van der Waals surface area contributed by atoms with Gasteiger partial charge in [-0.25, -0.2) is 0 Å². The van der Waals surface area contributed by atoms with Crippen LogP contribution in [-0.4, -0.2) is 27.6 Å². The molecule has 1 amide bonds. The lowest BCUT2D eigenvalue weighted by Crippen LogP contribution is -2.35. The van der Waals surface area contributed by atoms with E-state index in [1.807, 2.05) is 43.1 Å². The van der Waals surface area contributed by atoms with Crippen LogP contribution < -0.4 is 0 Å². The number of aromatic nitrogens is 2. The molecule has 0 fully saturated rings. The van der Waals surface area contributed by atoms with Gasteiger partial charge in [-0.05, 0) is 24.5 Å². The Labute approximate surface area is 126 Å². The zero-order chi connectivity index (χ0) is 15.6. The van der Waals surface area contributed by atoms with Crippen molar-refractivity contribution < 1.29 is 4.79 Å². The normalized spacial score (nSPS) is 12.5. The van der Waals surface area contributed by atoms with Gasteiger partial charge in [0.25, 0.3) is 5.91 Å². The minimum absolute atomic E-state index is 0.000605. The van der Waals surface area contributed by atoms with Crippen molar-refractivity contribution in [1.82, 2.24) is 14.7 Å². The van der Waals surface area contributed by atoms with Crippen molar-refractivity contribution in [3.63, 3.8) is 0 Å². The second kappa shape index (κ2) is 6.12. The van der Waals surface area contributed by atoms with Crippen LogP contribution in [0.15, 0.2) is 36.4 Å². The Morgan fingerprint density at radius 2 is 1.86 bits per heavy atom. The van der Waals surface area contributed by atoms with Crippen molar-refractivity contribution in [2.75, 3.05) is 7.05 Å². The van der Waals surface area contributed by atoms with Crippen LogP contribution in [0.5, 0.6) is 0 Å². The largest absolute Gasteiger partial charge is 0.333 e. The predicted octanol–water partition coefficient (Wildman–Crippen LogP) is 3.20. The van der Waals surface area contributed by atoms with E-state index >= 15 is 0 Å². The molecule has 2 aromatic rings. The van der Waals surface area contributed by atoms with Crippen molar-refractivity contribution >= 4 is 5.91 Å². The van der Waals surface area contributed by atoms with Crippen LogP contribution in [0, 0.1) is 12.8 Å². The van der Waals surface area contributed by atoms with Gasteiger partial charge in [-0.2, -0.15) is 5.10 Å². The second-order valence-electron chi connectivity index (χ2n) is 5.81. The molecule has 0 N–H and O–H groups in total. The van der Waals surface area contributed by atoms with E-state index < -0.39 is 0 Å². The highest BCUT2D eigenvalue weighted by molar-refractivity contribution is 5.92. The molecule has 4 nitrogen and oxygen atoms in total. The molecule has 0 spiro atoms. The number of amides is 1.